The zero-order valence-electron chi connectivity index (χ0n) is 10.4. The Morgan fingerprint density at radius 3 is 2.47 bits per heavy atom. The first kappa shape index (κ1) is 14.0. The molecule has 1 aromatic carbocycles. The number of halogens is 1. The van der Waals surface area contributed by atoms with E-state index in [2.05, 4.69) is 17.0 Å². The summed E-state index contributed by atoms with van der Waals surface area (Å²) in [6, 6.07) is 7.44. The van der Waals surface area contributed by atoms with E-state index in [1.54, 1.807) is 6.92 Å². The molecular formula is C13H18ClNO2. The smallest absolute Gasteiger partial charge is 0.322 e. The highest BCUT2D eigenvalue weighted by Gasteiger charge is 2.18. The summed E-state index contributed by atoms with van der Waals surface area (Å²) in [5, 5.41) is 3.95. The van der Waals surface area contributed by atoms with E-state index in [1.165, 1.54) is 7.11 Å². The molecule has 0 saturated carbocycles. The number of hydrogen-bond acceptors (Lipinski definition) is 3. The number of rotatable bonds is 5. The van der Waals surface area contributed by atoms with Gasteiger partial charge in [0.1, 0.15) is 6.04 Å². The SMILES string of the molecule is CCC(N[C@@H](C)C(=O)OC)c1ccc(Cl)cc1. The lowest BCUT2D eigenvalue weighted by Crippen LogP contribution is -2.37. The molecule has 0 spiro atoms. The van der Waals surface area contributed by atoms with Gasteiger partial charge in [0.2, 0.25) is 0 Å². The molecule has 1 N–H and O–H groups in total. The number of hydrogen-bond donors (Lipinski definition) is 1. The van der Waals surface area contributed by atoms with Gasteiger partial charge in [0.05, 0.1) is 7.11 Å². The Balaban J connectivity index is 2.71. The lowest BCUT2D eigenvalue weighted by atomic mass is 10.0. The maximum Gasteiger partial charge on any atom is 0.322 e. The molecule has 3 nitrogen and oxygen atoms in total. The zero-order chi connectivity index (χ0) is 12.8. The lowest BCUT2D eigenvalue weighted by Gasteiger charge is -2.21. The first-order valence-corrected chi connectivity index (χ1v) is 6.05. The third kappa shape index (κ3) is 4.02. The van der Waals surface area contributed by atoms with Gasteiger partial charge in [-0.1, -0.05) is 30.7 Å². The molecule has 0 amide bonds. The quantitative estimate of drug-likeness (QED) is 0.822. The van der Waals surface area contributed by atoms with Gasteiger partial charge in [-0.15, -0.1) is 0 Å². The van der Waals surface area contributed by atoms with E-state index in [1.807, 2.05) is 24.3 Å². The van der Waals surface area contributed by atoms with Crippen LogP contribution < -0.4 is 5.32 Å². The van der Waals surface area contributed by atoms with E-state index in [0.29, 0.717) is 5.02 Å². The zero-order valence-corrected chi connectivity index (χ0v) is 11.1. The molecule has 0 fully saturated rings. The third-order valence-corrected chi connectivity index (χ3v) is 2.94. The third-order valence-electron chi connectivity index (χ3n) is 2.69. The summed E-state index contributed by atoms with van der Waals surface area (Å²) in [6.07, 6.45) is 0.892. The Bertz CT molecular complexity index is 364. The van der Waals surface area contributed by atoms with Crippen LogP contribution in [0.4, 0.5) is 0 Å². The van der Waals surface area contributed by atoms with Gasteiger partial charge >= 0.3 is 5.97 Å². The van der Waals surface area contributed by atoms with Crippen LogP contribution >= 0.6 is 11.6 Å². The number of nitrogens with one attached hydrogen (secondary N) is 1. The molecule has 0 aliphatic heterocycles. The number of carbonyl (C=O) groups excluding carboxylic acids is 1. The van der Waals surface area contributed by atoms with Gasteiger partial charge in [-0.25, -0.2) is 0 Å². The topological polar surface area (TPSA) is 38.3 Å². The second kappa shape index (κ2) is 6.62. The van der Waals surface area contributed by atoms with E-state index in [-0.39, 0.29) is 18.1 Å². The second-order valence-corrected chi connectivity index (χ2v) is 4.36. The fraction of sp³-hybridized carbons (Fsp3) is 0.462. The van der Waals surface area contributed by atoms with E-state index in [0.717, 1.165) is 12.0 Å². The Morgan fingerprint density at radius 2 is 2.00 bits per heavy atom. The van der Waals surface area contributed by atoms with Gasteiger partial charge in [0.25, 0.3) is 0 Å². The van der Waals surface area contributed by atoms with Crippen LogP contribution in [0.15, 0.2) is 24.3 Å². The molecule has 1 unspecified atom stereocenters. The average molecular weight is 256 g/mol. The predicted octanol–water partition coefficient (Wildman–Crippen LogP) is 2.94. The highest BCUT2D eigenvalue weighted by molar-refractivity contribution is 6.30. The fourth-order valence-electron chi connectivity index (χ4n) is 1.69. The molecule has 0 bridgehead atoms. The van der Waals surface area contributed by atoms with Crippen molar-refractivity contribution in [2.45, 2.75) is 32.4 Å². The van der Waals surface area contributed by atoms with Crippen molar-refractivity contribution in [3.05, 3.63) is 34.9 Å². The van der Waals surface area contributed by atoms with Gasteiger partial charge in [0.15, 0.2) is 0 Å². The Hall–Kier alpha value is -1.06. The van der Waals surface area contributed by atoms with Gasteiger partial charge < -0.3 is 4.74 Å². The molecule has 0 aliphatic carbocycles. The maximum absolute atomic E-state index is 11.3. The van der Waals surface area contributed by atoms with Crippen molar-refractivity contribution in [3.8, 4) is 0 Å². The molecule has 0 radical (unpaired) electrons. The lowest BCUT2D eigenvalue weighted by molar-refractivity contribution is -0.142. The molecule has 94 valence electrons. The molecule has 0 aliphatic rings. The van der Waals surface area contributed by atoms with Crippen molar-refractivity contribution >= 4 is 17.6 Å². The normalized spacial score (nSPS) is 14.1. The van der Waals surface area contributed by atoms with E-state index < -0.39 is 0 Å². The van der Waals surface area contributed by atoms with Gasteiger partial charge in [-0.2, -0.15) is 0 Å². The molecule has 0 heterocycles. The Kier molecular flexibility index (Phi) is 5.45. The predicted molar refractivity (Wildman–Crippen MR) is 69.1 cm³/mol. The standard InChI is InChI=1S/C13H18ClNO2/c1-4-12(15-9(2)13(16)17-3)10-5-7-11(14)8-6-10/h5-9,12,15H,4H2,1-3H3/t9-,12?/m0/s1. The first-order chi connectivity index (χ1) is 8.08. The van der Waals surface area contributed by atoms with Gasteiger partial charge in [-0.3, -0.25) is 10.1 Å². The fourth-order valence-corrected chi connectivity index (χ4v) is 1.82. The van der Waals surface area contributed by atoms with Gasteiger partial charge in [0, 0.05) is 11.1 Å². The van der Waals surface area contributed by atoms with Crippen molar-refractivity contribution in [2.24, 2.45) is 0 Å². The van der Waals surface area contributed by atoms with E-state index in [9.17, 15) is 4.79 Å². The second-order valence-electron chi connectivity index (χ2n) is 3.92. The summed E-state index contributed by atoms with van der Waals surface area (Å²) in [6.45, 7) is 3.86. The summed E-state index contributed by atoms with van der Waals surface area (Å²) in [5.74, 6) is -0.252. The number of benzene rings is 1. The van der Waals surface area contributed by atoms with Crippen molar-refractivity contribution < 1.29 is 9.53 Å². The molecule has 1 aromatic rings. The summed E-state index contributed by atoms with van der Waals surface area (Å²) in [7, 11) is 1.39. The van der Waals surface area contributed by atoms with E-state index in [4.69, 9.17) is 11.6 Å². The molecular weight excluding hydrogens is 238 g/mol. The maximum atomic E-state index is 11.3. The minimum Gasteiger partial charge on any atom is -0.468 e. The van der Waals surface area contributed by atoms with Gasteiger partial charge in [-0.05, 0) is 31.0 Å². The van der Waals surface area contributed by atoms with Crippen LogP contribution in [0.2, 0.25) is 5.02 Å². The molecule has 17 heavy (non-hydrogen) atoms. The molecule has 2 atom stereocenters. The number of carbonyl (C=O) groups is 1. The minimum absolute atomic E-state index is 0.126. The monoisotopic (exact) mass is 255 g/mol. The summed E-state index contributed by atoms with van der Waals surface area (Å²) in [4.78, 5) is 11.3. The van der Waals surface area contributed by atoms with Crippen molar-refractivity contribution in [1.82, 2.24) is 5.32 Å². The molecule has 1 rings (SSSR count). The summed E-state index contributed by atoms with van der Waals surface area (Å²) in [5.41, 5.74) is 1.12. The van der Waals surface area contributed by atoms with Crippen molar-refractivity contribution in [1.29, 1.82) is 0 Å². The largest absolute Gasteiger partial charge is 0.468 e. The average Bonchev–Trinajstić information content (AvgIpc) is 2.35. The number of methoxy groups -OCH3 is 1. The summed E-state index contributed by atoms with van der Waals surface area (Å²) < 4.78 is 4.69. The first-order valence-electron chi connectivity index (χ1n) is 5.67. The minimum atomic E-state index is -0.319. The highest BCUT2D eigenvalue weighted by Crippen LogP contribution is 2.19. The number of esters is 1. The highest BCUT2D eigenvalue weighted by atomic mass is 35.5. The van der Waals surface area contributed by atoms with Crippen LogP contribution in [-0.2, 0) is 9.53 Å². The number of ether oxygens (including phenoxy) is 1. The van der Waals surface area contributed by atoms with E-state index >= 15 is 0 Å². The van der Waals surface area contributed by atoms with Crippen molar-refractivity contribution in [2.75, 3.05) is 7.11 Å². The van der Waals surface area contributed by atoms with Crippen LogP contribution in [0.5, 0.6) is 0 Å². The van der Waals surface area contributed by atoms with Crippen LogP contribution in [0.1, 0.15) is 31.9 Å². The molecule has 0 aromatic heterocycles. The summed E-state index contributed by atoms with van der Waals surface area (Å²) >= 11 is 5.84. The van der Waals surface area contributed by atoms with Crippen LogP contribution in [0.3, 0.4) is 0 Å². The van der Waals surface area contributed by atoms with Crippen LogP contribution in [-0.4, -0.2) is 19.1 Å². The Morgan fingerprint density at radius 1 is 1.41 bits per heavy atom. The van der Waals surface area contributed by atoms with Crippen LogP contribution in [0.25, 0.3) is 0 Å². The molecule has 4 heteroatoms. The molecule has 0 saturated heterocycles. The van der Waals surface area contributed by atoms with Crippen LogP contribution in [0, 0.1) is 0 Å². The Labute approximate surface area is 107 Å². The van der Waals surface area contributed by atoms with Crippen molar-refractivity contribution in [3.63, 3.8) is 0 Å².